The second-order valence-corrected chi connectivity index (χ2v) is 6.86. The lowest BCUT2D eigenvalue weighted by molar-refractivity contribution is -0.121. The molecular weight excluding hydrogens is 360 g/mol. The number of nitrogens with zero attached hydrogens (tertiary/aromatic N) is 1. The van der Waals surface area contributed by atoms with Crippen LogP contribution >= 0.6 is 0 Å². The van der Waals surface area contributed by atoms with Crippen LogP contribution in [0.5, 0.6) is 17.2 Å². The normalized spacial score (nSPS) is 13.0. The Morgan fingerprint density at radius 1 is 1.18 bits per heavy atom. The molecule has 0 saturated heterocycles. The molecule has 7 heteroatoms. The summed E-state index contributed by atoms with van der Waals surface area (Å²) in [5.74, 6) is 1.27. The van der Waals surface area contributed by atoms with Gasteiger partial charge in [-0.05, 0) is 36.2 Å². The van der Waals surface area contributed by atoms with Gasteiger partial charge in [0.25, 0.3) is 11.8 Å². The number of anilines is 2. The highest BCUT2D eigenvalue weighted by Gasteiger charge is 2.27. The average molecular weight is 384 g/mol. The minimum absolute atomic E-state index is 0.0177. The van der Waals surface area contributed by atoms with E-state index in [2.05, 4.69) is 5.32 Å². The van der Waals surface area contributed by atoms with Crippen LogP contribution in [0.1, 0.15) is 24.2 Å². The van der Waals surface area contributed by atoms with Crippen LogP contribution in [0.15, 0.2) is 36.4 Å². The average Bonchev–Trinajstić information content (AvgIpc) is 2.69. The molecule has 28 heavy (non-hydrogen) atoms. The van der Waals surface area contributed by atoms with E-state index in [4.69, 9.17) is 14.2 Å². The molecular formula is C21H24N2O5. The summed E-state index contributed by atoms with van der Waals surface area (Å²) < 4.78 is 16.1. The molecule has 0 aliphatic carbocycles. The van der Waals surface area contributed by atoms with Crippen molar-refractivity contribution in [2.45, 2.75) is 13.8 Å². The van der Waals surface area contributed by atoms with Crippen molar-refractivity contribution in [1.29, 1.82) is 0 Å². The van der Waals surface area contributed by atoms with E-state index in [1.54, 1.807) is 41.3 Å². The minimum atomic E-state index is -0.368. The Morgan fingerprint density at radius 2 is 1.86 bits per heavy atom. The second kappa shape index (κ2) is 8.21. The van der Waals surface area contributed by atoms with Gasteiger partial charge in [0.2, 0.25) is 0 Å². The van der Waals surface area contributed by atoms with Crippen molar-refractivity contribution in [3.05, 3.63) is 42.0 Å². The first-order valence-electron chi connectivity index (χ1n) is 9.04. The number of ether oxygens (including phenoxy) is 3. The van der Waals surface area contributed by atoms with E-state index < -0.39 is 0 Å². The highest BCUT2D eigenvalue weighted by molar-refractivity contribution is 6.09. The van der Waals surface area contributed by atoms with Gasteiger partial charge in [0.1, 0.15) is 22.8 Å². The fourth-order valence-corrected chi connectivity index (χ4v) is 3.11. The van der Waals surface area contributed by atoms with Gasteiger partial charge in [-0.25, -0.2) is 0 Å². The van der Waals surface area contributed by atoms with Crippen LogP contribution in [0.2, 0.25) is 0 Å². The summed E-state index contributed by atoms with van der Waals surface area (Å²) in [6.07, 6.45) is 0. The molecule has 0 saturated carbocycles. The molecule has 0 atom stereocenters. The third-order valence-electron chi connectivity index (χ3n) is 4.36. The number of rotatable bonds is 6. The second-order valence-electron chi connectivity index (χ2n) is 6.86. The van der Waals surface area contributed by atoms with Crippen LogP contribution in [0.3, 0.4) is 0 Å². The molecule has 3 rings (SSSR count). The molecule has 2 aromatic carbocycles. The van der Waals surface area contributed by atoms with E-state index >= 15 is 0 Å². The number of benzene rings is 2. The van der Waals surface area contributed by atoms with Crippen LogP contribution < -0.4 is 24.4 Å². The van der Waals surface area contributed by atoms with Crippen molar-refractivity contribution < 1.29 is 23.8 Å². The highest BCUT2D eigenvalue weighted by atomic mass is 16.5. The number of carbonyl (C=O) groups excluding carboxylic acids is 2. The minimum Gasteiger partial charge on any atom is -0.496 e. The summed E-state index contributed by atoms with van der Waals surface area (Å²) in [6, 6.07) is 10.4. The number of nitrogens with one attached hydrogen (secondary N) is 1. The number of carbonyl (C=O) groups is 2. The summed E-state index contributed by atoms with van der Waals surface area (Å²) in [6.45, 7) is 4.68. The van der Waals surface area contributed by atoms with Crippen molar-refractivity contribution in [1.82, 2.24) is 0 Å². The Kier molecular flexibility index (Phi) is 5.73. The van der Waals surface area contributed by atoms with E-state index in [9.17, 15) is 9.59 Å². The Bertz CT molecular complexity index is 872. The molecule has 0 bridgehead atoms. The van der Waals surface area contributed by atoms with Crippen LogP contribution in [0.4, 0.5) is 11.4 Å². The Labute approximate surface area is 164 Å². The molecule has 2 amide bonds. The van der Waals surface area contributed by atoms with E-state index in [1.807, 2.05) is 13.8 Å². The predicted octanol–water partition coefficient (Wildman–Crippen LogP) is 3.34. The Morgan fingerprint density at radius 3 is 2.46 bits per heavy atom. The summed E-state index contributed by atoms with van der Waals surface area (Å²) in [7, 11) is 2.99. The molecule has 7 nitrogen and oxygen atoms in total. The van der Waals surface area contributed by atoms with Crippen molar-refractivity contribution in [2.75, 3.05) is 37.6 Å². The first kappa shape index (κ1) is 19.5. The van der Waals surface area contributed by atoms with E-state index in [-0.39, 0.29) is 18.4 Å². The first-order chi connectivity index (χ1) is 13.4. The lowest BCUT2D eigenvalue weighted by Gasteiger charge is -2.31. The molecule has 1 aliphatic heterocycles. The maximum atomic E-state index is 12.9. The molecule has 0 radical (unpaired) electrons. The molecule has 2 aromatic rings. The summed E-state index contributed by atoms with van der Waals surface area (Å²) >= 11 is 0. The maximum Gasteiger partial charge on any atom is 0.265 e. The van der Waals surface area contributed by atoms with Crippen molar-refractivity contribution in [2.24, 2.45) is 5.92 Å². The van der Waals surface area contributed by atoms with Crippen LogP contribution in [0.25, 0.3) is 0 Å². The van der Waals surface area contributed by atoms with E-state index in [0.29, 0.717) is 46.6 Å². The van der Waals surface area contributed by atoms with Crippen LogP contribution in [-0.4, -0.2) is 39.2 Å². The maximum absolute atomic E-state index is 12.9. The first-order valence-corrected chi connectivity index (χ1v) is 9.04. The molecule has 1 N–H and O–H groups in total. The molecule has 0 unspecified atom stereocenters. The lowest BCUT2D eigenvalue weighted by Crippen LogP contribution is -2.41. The fraction of sp³-hybridized carbons (Fsp3) is 0.333. The van der Waals surface area contributed by atoms with Gasteiger partial charge in [-0.2, -0.15) is 0 Å². The number of hydrogen-bond donors (Lipinski definition) is 1. The molecule has 148 valence electrons. The van der Waals surface area contributed by atoms with Gasteiger partial charge >= 0.3 is 0 Å². The zero-order chi connectivity index (χ0) is 20.3. The van der Waals surface area contributed by atoms with Crippen LogP contribution in [-0.2, 0) is 4.79 Å². The molecule has 1 heterocycles. The number of hydrogen-bond acceptors (Lipinski definition) is 5. The van der Waals surface area contributed by atoms with Gasteiger partial charge in [-0.3, -0.25) is 9.59 Å². The fourth-order valence-electron chi connectivity index (χ4n) is 3.11. The molecule has 0 aromatic heterocycles. The van der Waals surface area contributed by atoms with Gasteiger partial charge in [0.15, 0.2) is 6.61 Å². The number of methoxy groups -OCH3 is 2. The Hall–Kier alpha value is -3.22. The lowest BCUT2D eigenvalue weighted by atomic mass is 10.1. The van der Waals surface area contributed by atoms with Gasteiger partial charge in [0.05, 0.1) is 19.9 Å². The van der Waals surface area contributed by atoms with Crippen LogP contribution in [0, 0.1) is 5.92 Å². The molecule has 0 fully saturated rings. The molecule has 1 aliphatic rings. The van der Waals surface area contributed by atoms with E-state index in [1.165, 1.54) is 14.2 Å². The highest BCUT2D eigenvalue weighted by Crippen LogP contribution is 2.36. The zero-order valence-corrected chi connectivity index (χ0v) is 16.4. The van der Waals surface area contributed by atoms with Crippen molar-refractivity contribution in [3.63, 3.8) is 0 Å². The number of amides is 2. The zero-order valence-electron chi connectivity index (χ0n) is 16.4. The standard InChI is InChI=1S/C21H24N2O5/c1-13(2)11-23-15-10-14(8-9-16(15)28-12-19(23)24)22-21(25)20-17(26-3)6-5-7-18(20)27-4/h5-10,13H,11-12H2,1-4H3,(H,22,25). The van der Waals surface area contributed by atoms with Crippen molar-refractivity contribution in [3.8, 4) is 17.2 Å². The number of fused-ring (bicyclic) bond motifs is 1. The third-order valence-corrected chi connectivity index (χ3v) is 4.36. The summed E-state index contributed by atoms with van der Waals surface area (Å²) in [5, 5.41) is 2.85. The summed E-state index contributed by atoms with van der Waals surface area (Å²) in [5.41, 5.74) is 1.50. The summed E-state index contributed by atoms with van der Waals surface area (Å²) in [4.78, 5) is 26.9. The predicted molar refractivity (Wildman–Crippen MR) is 107 cm³/mol. The Balaban J connectivity index is 1.92. The topological polar surface area (TPSA) is 77.1 Å². The largest absolute Gasteiger partial charge is 0.496 e. The smallest absolute Gasteiger partial charge is 0.265 e. The SMILES string of the molecule is COc1cccc(OC)c1C(=O)Nc1ccc2c(c1)N(CC(C)C)C(=O)CO2. The van der Waals surface area contributed by atoms with Crippen molar-refractivity contribution >= 4 is 23.2 Å². The quantitative estimate of drug-likeness (QED) is 0.827. The van der Waals surface area contributed by atoms with Gasteiger partial charge in [-0.1, -0.05) is 19.9 Å². The molecule has 0 spiro atoms. The van der Waals surface area contributed by atoms with Gasteiger partial charge in [-0.15, -0.1) is 0 Å². The van der Waals surface area contributed by atoms with E-state index in [0.717, 1.165) is 0 Å². The monoisotopic (exact) mass is 384 g/mol. The van der Waals surface area contributed by atoms with Gasteiger partial charge < -0.3 is 24.4 Å². The van der Waals surface area contributed by atoms with Gasteiger partial charge in [0, 0.05) is 12.2 Å². The third kappa shape index (κ3) is 3.88.